The Kier molecular flexibility index (Phi) is 5.09. The Morgan fingerprint density at radius 3 is 2.86 bits per heavy atom. The molecule has 0 spiro atoms. The molecule has 146 valence electrons. The normalized spacial score (nSPS) is 11.0. The van der Waals surface area contributed by atoms with E-state index in [9.17, 15) is 9.59 Å². The molecule has 0 radical (unpaired) electrons. The van der Waals surface area contributed by atoms with E-state index in [4.69, 9.17) is 4.74 Å². The van der Waals surface area contributed by atoms with E-state index in [-0.39, 0.29) is 5.56 Å². The number of aromatic amines is 1. The van der Waals surface area contributed by atoms with Crippen molar-refractivity contribution in [1.82, 2.24) is 30.2 Å². The molecule has 2 heterocycles. The van der Waals surface area contributed by atoms with Crippen molar-refractivity contribution in [2.24, 2.45) is 0 Å². The first-order valence-electron chi connectivity index (χ1n) is 8.65. The van der Waals surface area contributed by atoms with Gasteiger partial charge in [0, 0.05) is 0 Å². The molecule has 0 fully saturated rings. The van der Waals surface area contributed by atoms with Crippen molar-refractivity contribution >= 4 is 28.6 Å². The van der Waals surface area contributed by atoms with Gasteiger partial charge in [0.2, 0.25) is 5.16 Å². The van der Waals surface area contributed by atoms with Crippen LogP contribution in [0.15, 0.2) is 52.4 Å². The number of para-hydroxylation sites is 1. The lowest BCUT2D eigenvalue weighted by Crippen LogP contribution is -2.12. The van der Waals surface area contributed by atoms with Crippen LogP contribution in [0.3, 0.4) is 0 Å². The lowest BCUT2D eigenvalue weighted by atomic mass is 10.1. The van der Waals surface area contributed by atoms with Crippen LogP contribution in [0.4, 0.5) is 0 Å². The first-order valence-corrected chi connectivity index (χ1v) is 9.64. The van der Waals surface area contributed by atoms with Gasteiger partial charge in [-0.15, -0.1) is 5.10 Å². The molecule has 0 saturated carbocycles. The van der Waals surface area contributed by atoms with Crippen molar-refractivity contribution in [3.63, 3.8) is 0 Å². The molecule has 0 aliphatic carbocycles. The number of nitrogens with one attached hydrogen (secondary N) is 1. The summed E-state index contributed by atoms with van der Waals surface area (Å²) in [5.74, 6) is 0.316. The fourth-order valence-electron chi connectivity index (χ4n) is 2.86. The predicted octanol–water partition coefficient (Wildman–Crippen LogP) is 2.29. The van der Waals surface area contributed by atoms with Crippen molar-refractivity contribution in [3.8, 4) is 5.69 Å². The van der Waals surface area contributed by atoms with Gasteiger partial charge in [-0.1, -0.05) is 30.0 Å². The average Bonchev–Trinajstić information content (AvgIpc) is 3.20. The maximum atomic E-state index is 12.4. The summed E-state index contributed by atoms with van der Waals surface area (Å²) in [6.45, 7) is 1.98. The number of aromatic nitrogens is 6. The molecule has 0 atom stereocenters. The van der Waals surface area contributed by atoms with Crippen LogP contribution in [-0.2, 0) is 10.5 Å². The number of esters is 1. The predicted molar refractivity (Wildman–Crippen MR) is 107 cm³/mol. The number of benzene rings is 2. The SMILES string of the molecule is COC(=O)c1ccc2c(=O)[nH]c(CSc3nnnn3-c3ccccc3C)nc2c1. The van der Waals surface area contributed by atoms with Crippen molar-refractivity contribution < 1.29 is 9.53 Å². The summed E-state index contributed by atoms with van der Waals surface area (Å²) in [6, 6.07) is 12.4. The summed E-state index contributed by atoms with van der Waals surface area (Å²) in [5.41, 5.74) is 2.39. The first kappa shape index (κ1) is 18.8. The number of nitrogens with zero attached hydrogens (tertiary/aromatic N) is 5. The van der Waals surface area contributed by atoms with Crippen LogP contribution in [-0.4, -0.2) is 43.3 Å². The summed E-state index contributed by atoms with van der Waals surface area (Å²) in [7, 11) is 1.30. The molecule has 0 aliphatic rings. The molecule has 2 aromatic heterocycles. The second-order valence-electron chi connectivity index (χ2n) is 6.18. The third kappa shape index (κ3) is 3.74. The molecule has 29 heavy (non-hydrogen) atoms. The number of rotatable bonds is 5. The summed E-state index contributed by atoms with van der Waals surface area (Å²) in [5, 5.41) is 12.9. The van der Waals surface area contributed by atoms with E-state index in [1.807, 2.05) is 31.2 Å². The highest BCUT2D eigenvalue weighted by molar-refractivity contribution is 7.98. The number of tetrazole rings is 1. The van der Waals surface area contributed by atoms with Crippen molar-refractivity contribution in [2.75, 3.05) is 7.11 Å². The number of carbonyl (C=O) groups is 1. The lowest BCUT2D eigenvalue weighted by molar-refractivity contribution is 0.0601. The average molecular weight is 408 g/mol. The molecule has 0 saturated heterocycles. The van der Waals surface area contributed by atoms with E-state index >= 15 is 0 Å². The highest BCUT2D eigenvalue weighted by Crippen LogP contribution is 2.23. The smallest absolute Gasteiger partial charge is 0.337 e. The van der Waals surface area contributed by atoms with Crippen LogP contribution in [0.2, 0.25) is 0 Å². The Labute approximate surface area is 169 Å². The minimum atomic E-state index is -0.484. The van der Waals surface area contributed by atoms with Gasteiger partial charge in [-0.3, -0.25) is 4.79 Å². The molecule has 0 amide bonds. The molecule has 4 aromatic rings. The third-order valence-electron chi connectivity index (χ3n) is 4.30. The zero-order chi connectivity index (χ0) is 20.4. The standard InChI is InChI=1S/C19H16N6O3S/c1-11-5-3-4-6-15(11)25-19(22-23-24-25)29-10-16-20-14-9-12(18(27)28-2)7-8-13(14)17(26)21-16/h3-9H,10H2,1-2H3,(H,20,21,26). The van der Waals surface area contributed by atoms with Crippen LogP contribution >= 0.6 is 11.8 Å². The number of ether oxygens (including phenoxy) is 1. The lowest BCUT2D eigenvalue weighted by Gasteiger charge is -2.07. The Balaban J connectivity index is 1.63. The molecule has 9 nitrogen and oxygen atoms in total. The van der Waals surface area contributed by atoms with Gasteiger partial charge in [0.05, 0.1) is 35.0 Å². The molecule has 4 rings (SSSR count). The van der Waals surface area contributed by atoms with Gasteiger partial charge >= 0.3 is 5.97 Å². The second-order valence-corrected chi connectivity index (χ2v) is 7.13. The summed E-state index contributed by atoms with van der Waals surface area (Å²) in [6.07, 6.45) is 0. The minimum absolute atomic E-state index is 0.277. The van der Waals surface area contributed by atoms with Crippen LogP contribution in [0.25, 0.3) is 16.6 Å². The monoisotopic (exact) mass is 408 g/mol. The van der Waals surface area contributed by atoms with Gasteiger partial charge in [0.25, 0.3) is 5.56 Å². The van der Waals surface area contributed by atoms with E-state index in [1.165, 1.54) is 24.9 Å². The Hall–Kier alpha value is -3.53. The third-order valence-corrected chi connectivity index (χ3v) is 5.23. The Morgan fingerprint density at radius 1 is 1.24 bits per heavy atom. The second kappa shape index (κ2) is 7.84. The summed E-state index contributed by atoms with van der Waals surface area (Å²) in [4.78, 5) is 31.4. The van der Waals surface area contributed by atoms with Gasteiger partial charge in [-0.2, -0.15) is 4.68 Å². The van der Waals surface area contributed by atoms with Gasteiger partial charge < -0.3 is 9.72 Å². The van der Waals surface area contributed by atoms with Crippen LogP contribution in [0, 0.1) is 6.92 Å². The van der Waals surface area contributed by atoms with Crippen LogP contribution in [0.1, 0.15) is 21.7 Å². The van der Waals surface area contributed by atoms with Gasteiger partial charge in [-0.25, -0.2) is 9.78 Å². The summed E-state index contributed by atoms with van der Waals surface area (Å²) < 4.78 is 6.37. The van der Waals surface area contributed by atoms with Crippen LogP contribution in [0.5, 0.6) is 0 Å². The van der Waals surface area contributed by atoms with Gasteiger partial charge in [0.15, 0.2) is 0 Å². The molecule has 0 unspecified atom stereocenters. The number of fused-ring (bicyclic) bond motifs is 1. The fourth-order valence-corrected chi connectivity index (χ4v) is 3.61. The molecular weight excluding hydrogens is 392 g/mol. The van der Waals surface area contributed by atoms with E-state index in [1.54, 1.807) is 16.8 Å². The van der Waals surface area contributed by atoms with Crippen LogP contribution < -0.4 is 5.56 Å². The number of hydrogen-bond acceptors (Lipinski definition) is 8. The van der Waals surface area contributed by atoms with E-state index in [2.05, 4.69) is 25.5 Å². The van der Waals surface area contributed by atoms with Gasteiger partial charge in [0.1, 0.15) is 5.82 Å². The van der Waals surface area contributed by atoms with Crippen molar-refractivity contribution in [3.05, 3.63) is 69.8 Å². The number of thioether (sulfide) groups is 1. The number of methoxy groups -OCH3 is 1. The Morgan fingerprint density at radius 2 is 2.07 bits per heavy atom. The number of aryl methyl sites for hydroxylation is 1. The van der Waals surface area contributed by atoms with E-state index < -0.39 is 5.97 Å². The van der Waals surface area contributed by atoms with Crippen molar-refractivity contribution in [2.45, 2.75) is 17.8 Å². The molecular formula is C19H16N6O3S. The molecule has 10 heteroatoms. The fraction of sp³-hybridized carbons (Fsp3) is 0.158. The molecule has 0 aliphatic heterocycles. The first-order chi connectivity index (χ1) is 14.1. The van der Waals surface area contributed by atoms with E-state index in [0.717, 1.165) is 11.3 Å². The van der Waals surface area contributed by atoms with Gasteiger partial charge in [-0.05, 0) is 47.2 Å². The number of carbonyl (C=O) groups excluding carboxylic acids is 1. The van der Waals surface area contributed by atoms with E-state index in [0.29, 0.717) is 33.2 Å². The quantitative estimate of drug-likeness (QED) is 0.395. The molecule has 0 bridgehead atoms. The summed E-state index contributed by atoms with van der Waals surface area (Å²) >= 11 is 1.35. The molecule has 2 aromatic carbocycles. The zero-order valence-corrected chi connectivity index (χ0v) is 16.4. The highest BCUT2D eigenvalue weighted by atomic mass is 32.2. The molecule has 1 N–H and O–H groups in total. The number of hydrogen-bond donors (Lipinski definition) is 1. The largest absolute Gasteiger partial charge is 0.465 e. The van der Waals surface area contributed by atoms with Crippen molar-refractivity contribution in [1.29, 1.82) is 0 Å². The zero-order valence-electron chi connectivity index (χ0n) is 15.6. The maximum absolute atomic E-state index is 12.4. The maximum Gasteiger partial charge on any atom is 0.337 e. The topological polar surface area (TPSA) is 116 Å². The minimum Gasteiger partial charge on any atom is -0.465 e. The number of H-pyrrole nitrogens is 1. The Bertz CT molecular complexity index is 1270. The highest BCUT2D eigenvalue weighted by Gasteiger charge is 2.13.